The van der Waals surface area contributed by atoms with Crippen LogP contribution in [0.25, 0.3) is 0 Å². The number of hydrogen-bond acceptors (Lipinski definition) is 8. The number of nitrogens with zero attached hydrogens (tertiary/aromatic N) is 4. The van der Waals surface area contributed by atoms with Crippen LogP contribution in [0, 0.1) is 11.7 Å². The minimum absolute atomic E-state index is 0.0518. The predicted octanol–water partition coefficient (Wildman–Crippen LogP) is 5.94. The summed E-state index contributed by atoms with van der Waals surface area (Å²) in [4.78, 5) is 46.0. The molecule has 3 saturated heterocycles. The number of ether oxygens (including phenoxy) is 2. The second-order valence-corrected chi connectivity index (χ2v) is 15.9. The van der Waals surface area contributed by atoms with Gasteiger partial charge >= 0.3 is 0 Å². The zero-order valence-electron chi connectivity index (χ0n) is 31.8. The van der Waals surface area contributed by atoms with Gasteiger partial charge in [-0.2, -0.15) is 0 Å². The molecule has 4 aromatic carbocycles. The van der Waals surface area contributed by atoms with Gasteiger partial charge in [0.2, 0.25) is 11.8 Å². The van der Waals surface area contributed by atoms with Gasteiger partial charge in [-0.1, -0.05) is 42.5 Å². The SMILES string of the molecule is COc1ccc2c(c1)OCC(c1ccccc1)C2c1ccc(N2CCC(CN3CCN(c4ccc5c(c4)CN(C4CCC(=O)NC4=O)C5=O)CC3)CC2)c(F)c1. The van der Waals surface area contributed by atoms with Crippen molar-refractivity contribution in [2.45, 2.75) is 50.1 Å². The van der Waals surface area contributed by atoms with Crippen LogP contribution in [-0.4, -0.2) is 93.1 Å². The molecule has 3 amide bonds. The van der Waals surface area contributed by atoms with Gasteiger partial charge in [-0.25, -0.2) is 4.39 Å². The molecule has 9 rings (SSSR count). The molecule has 3 fully saturated rings. The van der Waals surface area contributed by atoms with Gasteiger partial charge in [0.1, 0.15) is 23.4 Å². The van der Waals surface area contributed by atoms with Crippen molar-refractivity contribution in [2.75, 3.05) is 69.3 Å². The highest BCUT2D eigenvalue weighted by Crippen LogP contribution is 2.47. The molecule has 10 nitrogen and oxygen atoms in total. The van der Waals surface area contributed by atoms with Crippen LogP contribution in [0.15, 0.2) is 84.9 Å². The number of anilines is 2. The molecule has 0 spiro atoms. The molecule has 0 bridgehead atoms. The Labute approximate surface area is 327 Å². The third-order valence-corrected chi connectivity index (χ3v) is 12.7. The molecule has 5 aliphatic heterocycles. The Balaban J connectivity index is 0.798. The number of carbonyl (C=O) groups is 3. The molecule has 1 N–H and O–H groups in total. The summed E-state index contributed by atoms with van der Waals surface area (Å²) in [5.74, 6) is 1.11. The first-order valence-electron chi connectivity index (χ1n) is 20.0. The number of nitrogens with one attached hydrogen (secondary N) is 1. The number of imide groups is 1. The van der Waals surface area contributed by atoms with E-state index in [1.165, 1.54) is 5.56 Å². The van der Waals surface area contributed by atoms with Gasteiger partial charge < -0.3 is 24.2 Å². The van der Waals surface area contributed by atoms with Gasteiger partial charge in [0.25, 0.3) is 5.91 Å². The van der Waals surface area contributed by atoms with Crippen LogP contribution in [0.5, 0.6) is 11.5 Å². The first-order chi connectivity index (χ1) is 27.3. The lowest BCUT2D eigenvalue weighted by Crippen LogP contribution is -2.52. The van der Waals surface area contributed by atoms with Crippen molar-refractivity contribution in [2.24, 2.45) is 5.92 Å². The highest BCUT2D eigenvalue weighted by molar-refractivity contribution is 6.05. The Morgan fingerprint density at radius 3 is 2.38 bits per heavy atom. The molecule has 0 aliphatic carbocycles. The van der Waals surface area contributed by atoms with Crippen LogP contribution in [0.3, 0.4) is 0 Å². The Kier molecular flexibility index (Phi) is 9.87. The van der Waals surface area contributed by atoms with E-state index in [2.05, 4.69) is 50.3 Å². The fourth-order valence-electron chi connectivity index (χ4n) is 9.56. The third kappa shape index (κ3) is 6.97. The Morgan fingerprint density at radius 2 is 1.62 bits per heavy atom. The van der Waals surface area contributed by atoms with Gasteiger partial charge in [-0.05, 0) is 78.3 Å². The standard InChI is InChI=1S/C45H48FN5O5/c1-55-34-9-11-36-41(25-34)56-28-37(30-5-3-2-4-6-30)43(36)31-7-12-39(38(46)24-31)50-17-15-29(16-18-50)26-48-19-21-49(22-20-48)33-8-10-35-32(23-33)27-51(45(35)54)40-13-14-42(52)47-44(40)53/h2-12,23-25,29,37,40,43H,13-22,26-28H2,1H3,(H,47,52,53). The summed E-state index contributed by atoms with van der Waals surface area (Å²) in [6, 6.07) is 27.5. The Bertz CT molecular complexity index is 2130. The van der Waals surface area contributed by atoms with Crippen LogP contribution < -0.4 is 24.6 Å². The van der Waals surface area contributed by atoms with Crippen molar-refractivity contribution in [1.29, 1.82) is 0 Å². The van der Waals surface area contributed by atoms with E-state index in [1.807, 2.05) is 48.5 Å². The van der Waals surface area contributed by atoms with Crippen molar-refractivity contribution < 1.29 is 28.2 Å². The molecule has 0 radical (unpaired) electrons. The monoisotopic (exact) mass is 757 g/mol. The third-order valence-electron chi connectivity index (χ3n) is 12.7. The first-order valence-corrected chi connectivity index (χ1v) is 20.0. The van der Waals surface area contributed by atoms with E-state index < -0.39 is 6.04 Å². The number of methoxy groups -OCH3 is 1. The quantitative estimate of drug-likeness (QED) is 0.221. The second kappa shape index (κ2) is 15.3. The number of rotatable bonds is 8. The highest BCUT2D eigenvalue weighted by atomic mass is 19.1. The Hall–Kier alpha value is -5.42. The van der Waals surface area contributed by atoms with Crippen LogP contribution >= 0.6 is 0 Å². The highest BCUT2D eigenvalue weighted by Gasteiger charge is 2.40. The van der Waals surface area contributed by atoms with Crippen LogP contribution in [0.1, 0.15) is 70.1 Å². The number of halogens is 1. The number of amides is 3. The summed E-state index contributed by atoms with van der Waals surface area (Å²) >= 11 is 0. The Morgan fingerprint density at radius 1 is 0.821 bits per heavy atom. The molecule has 5 aliphatic rings. The zero-order valence-corrected chi connectivity index (χ0v) is 31.8. The number of benzene rings is 4. The van der Waals surface area contributed by atoms with E-state index in [0.717, 1.165) is 92.5 Å². The van der Waals surface area contributed by atoms with Crippen LogP contribution in [0.4, 0.5) is 15.8 Å². The van der Waals surface area contributed by atoms with Crippen molar-refractivity contribution >= 4 is 29.1 Å². The van der Waals surface area contributed by atoms with Gasteiger partial charge in [-0.15, -0.1) is 0 Å². The molecular weight excluding hydrogens is 710 g/mol. The topological polar surface area (TPSA) is 94.7 Å². The van der Waals surface area contributed by atoms with Crippen molar-refractivity contribution in [3.05, 3.63) is 119 Å². The van der Waals surface area contributed by atoms with Gasteiger partial charge in [-0.3, -0.25) is 24.6 Å². The van der Waals surface area contributed by atoms with Crippen LogP contribution in [-0.2, 0) is 16.1 Å². The van der Waals surface area contributed by atoms with Crippen molar-refractivity contribution in [3.8, 4) is 11.5 Å². The molecule has 0 aromatic heterocycles. The summed E-state index contributed by atoms with van der Waals surface area (Å²) in [5, 5.41) is 2.38. The zero-order chi connectivity index (χ0) is 38.3. The molecular formula is C45H48FN5O5. The van der Waals surface area contributed by atoms with Gasteiger partial charge in [0.15, 0.2) is 0 Å². The lowest BCUT2D eigenvalue weighted by Gasteiger charge is -2.40. The van der Waals surface area contributed by atoms with Gasteiger partial charge in [0, 0.05) is 93.5 Å². The van der Waals surface area contributed by atoms with E-state index >= 15 is 4.39 Å². The molecule has 3 atom stereocenters. The maximum absolute atomic E-state index is 16.1. The van der Waals surface area contributed by atoms with E-state index in [9.17, 15) is 14.4 Å². The minimum Gasteiger partial charge on any atom is -0.497 e. The second-order valence-electron chi connectivity index (χ2n) is 15.9. The molecule has 3 unspecified atom stereocenters. The number of piperazine rings is 1. The van der Waals surface area contributed by atoms with Gasteiger partial charge in [0.05, 0.1) is 19.4 Å². The number of fused-ring (bicyclic) bond motifs is 2. The molecule has 11 heteroatoms. The molecule has 290 valence electrons. The fourth-order valence-corrected chi connectivity index (χ4v) is 9.56. The lowest BCUT2D eigenvalue weighted by atomic mass is 9.76. The predicted molar refractivity (Wildman–Crippen MR) is 212 cm³/mol. The number of hydrogen-bond donors (Lipinski definition) is 1. The maximum Gasteiger partial charge on any atom is 0.255 e. The maximum atomic E-state index is 16.1. The number of carbonyl (C=O) groups excluding carboxylic acids is 3. The average molecular weight is 758 g/mol. The smallest absolute Gasteiger partial charge is 0.255 e. The molecule has 5 heterocycles. The summed E-state index contributed by atoms with van der Waals surface area (Å²) in [7, 11) is 1.65. The summed E-state index contributed by atoms with van der Waals surface area (Å²) in [5.41, 5.74) is 6.52. The summed E-state index contributed by atoms with van der Waals surface area (Å²) in [6.07, 6.45) is 2.66. The van der Waals surface area contributed by atoms with E-state index in [1.54, 1.807) is 18.1 Å². The van der Waals surface area contributed by atoms with E-state index in [0.29, 0.717) is 36.7 Å². The van der Waals surface area contributed by atoms with Crippen molar-refractivity contribution in [3.63, 3.8) is 0 Å². The molecule has 56 heavy (non-hydrogen) atoms. The average Bonchev–Trinajstić information content (AvgIpc) is 3.55. The molecule has 4 aromatic rings. The lowest BCUT2D eigenvalue weighted by molar-refractivity contribution is -0.136. The molecule has 0 saturated carbocycles. The minimum atomic E-state index is -0.606. The van der Waals surface area contributed by atoms with E-state index in [-0.39, 0.29) is 41.8 Å². The van der Waals surface area contributed by atoms with Crippen LogP contribution in [0.2, 0.25) is 0 Å². The number of piperidine rings is 2. The normalized spacial score (nSPS) is 23.1. The fraction of sp³-hybridized carbons (Fsp3) is 0.400. The summed E-state index contributed by atoms with van der Waals surface area (Å²) < 4.78 is 27.9. The van der Waals surface area contributed by atoms with E-state index in [4.69, 9.17) is 9.47 Å². The largest absolute Gasteiger partial charge is 0.497 e. The first kappa shape index (κ1) is 36.2. The van der Waals surface area contributed by atoms with Crippen molar-refractivity contribution in [1.82, 2.24) is 15.1 Å². The summed E-state index contributed by atoms with van der Waals surface area (Å²) in [6.45, 7) is 7.31.